The number of halogens is 2. The Morgan fingerprint density at radius 1 is 0.933 bits per heavy atom. The number of carbonyl (C=O) groups excluding carboxylic acids is 1. The molecule has 0 spiro atoms. The van der Waals surface area contributed by atoms with E-state index in [9.17, 15) is 22.0 Å². The number of nitrogens with one attached hydrogen (secondary N) is 1. The first-order valence-electron chi connectivity index (χ1n) is 9.09. The molecule has 3 rings (SSSR count). The van der Waals surface area contributed by atoms with Crippen LogP contribution < -0.4 is 9.62 Å². The molecule has 0 aliphatic heterocycles. The molecule has 156 valence electrons. The molecule has 1 atom stereocenters. The number of benzene rings is 3. The Kier molecular flexibility index (Phi) is 6.17. The number of anilines is 1. The highest BCUT2D eigenvalue weighted by molar-refractivity contribution is 7.92. The Labute approximate surface area is 174 Å². The van der Waals surface area contributed by atoms with Gasteiger partial charge in [0, 0.05) is 12.6 Å². The van der Waals surface area contributed by atoms with Gasteiger partial charge in [0.05, 0.1) is 16.6 Å². The Balaban J connectivity index is 1.81. The predicted octanol–water partition coefficient (Wildman–Crippen LogP) is 4.28. The van der Waals surface area contributed by atoms with Crippen molar-refractivity contribution >= 4 is 21.6 Å². The Morgan fingerprint density at radius 3 is 2.10 bits per heavy atom. The minimum absolute atomic E-state index is 0.0728. The summed E-state index contributed by atoms with van der Waals surface area (Å²) in [5.41, 5.74) is 1.17. The summed E-state index contributed by atoms with van der Waals surface area (Å²) in [6.07, 6.45) is 0. The molecular weight excluding hydrogens is 410 g/mol. The lowest BCUT2D eigenvalue weighted by Gasteiger charge is -2.20. The topological polar surface area (TPSA) is 66.5 Å². The second kappa shape index (κ2) is 8.62. The van der Waals surface area contributed by atoms with Gasteiger partial charge in [-0.2, -0.15) is 0 Å². The quantitative estimate of drug-likeness (QED) is 0.635. The van der Waals surface area contributed by atoms with Crippen LogP contribution in [-0.2, 0) is 10.0 Å². The maximum absolute atomic E-state index is 13.1. The van der Waals surface area contributed by atoms with Crippen LogP contribution in [0.4, 0.5) is 14.5 Å². The van der Waals surface area contributed by atoms with Gasteiger partial charge in [-0.05, 0) is 67.1 Å². The van der Waals surface area contributed by atoms with Crippen LogP contribution in [0.3, 0.4) is 0 Å². The third kappa shape index (κ3) is 4.65. The van der Waals surface area contributed by atoms with Crippen molar-refractivity contribution in [1.82, 2.24) is 5.32 Å². The molecule has 3 aromatic rings. The van der Waals surface area contributed by atoms with Crippen LogP contribution >= 0.6 is 0 Å². The molecule has 0 bridgehead atoms. The van der Waals surface area contributed by atoms with Crippen molar-refractivity contribution in [3.8, 4) is 0 Å². The second-order valence-electron chi connectivity index (χ2n) is 6.72. The van der Waals surface area contributed by atoms with Crippen molar-refractivity contribution in [3.05, 3.63) is 95.6 Å². The van der Waals surface area contributed by atoms with E-state index >= 15 is 0 Å². The molecular formula is C22H20F2N2O3S. The number of hydrogen-bond acceptors (Lipinski definition) is 3. The SMILES string of the molecule is C[C@H](NC(=O)c1cccc(S(=O)(=O)N(C)c2ccc(F)cc2)c1)c1ccc(F)cc1. The molecule has 0 radical (unpaired) electrons. The van der Waals surface area contributed by atoms with Crippen molar-refractivity contribution in [2.75, 3.05) is 11.4 Å². The fourth-order valence-electron chi connectivity index (χ4n) is 2.86. The van der Waals surface area contributed by atoms with Crippen molar-refractivity contribution in [1.29, 1.82) is 0 Å². The lowest BCUT2D eigenvalue weighted by atomic mass is 10.1. The Morgan fingerprint density at radius 2 is 1.50 bits per heavy atom. The third-order valence-corrected chi connectivity index (χ3v) is 6.44. The average molecular weight is 430 g/mol. The monoisotopic (exact) mass is 430 g/mol. The molecule has 0 aliphatic carbocycles. The highest BCUT2D eigenvalue weighted by atomic mass is 32.2. The number of sulfonamides is 1. The first-order valence-corrected chi connectivity index (χ1v) is 10.5. The van der Waals surface area contributed by atoms with Gasteiger partial charge in [-0.25, -0.2) is 17.2 Å². The number of hydrogen-bond donors (Lipinski definition) is 1. The summed E-state index contributed by atoms with van der Waals surface area (Å²) in [6.45, 7) is 1.74. The van der Waals surface area contributed by atoms with E-state index in [2.05, 4.69) is 5.32 Å². The van der Waals surface area contributed by atoms with Crippen molar-refractivity contribution in [2.24, 2.45) is 0 Å². The summed E-state index contributed by atoms with van der Waals surface area (Å²) in [5.74, 6) is -1.31. The highest BCUT2D eigenvalue weighted by Crippen LogP contribution is 2.23. The van der Waals surface area contributed by atoms with Gasteiger partial charge in [0.25, 0.3) is 15.9 Å². The molecule has 1 amide bonds. The summed E-state index contributed by atoms with van der Waals surface area (Å²) in [6, 6.07) is 16.0. The molecule has 0 aliphatic rings. The lowest BCUT2D eigenvalue weighted by Crippen LogP contribution is -2.28. The normalized spacial score (nSPS) is 12.3. The van der Waals surface area contributed by atoms with Crippen LogP contribution in [-0.4, -0.2) is 21.4 Å². The fourth-order valence-corrected chi connectivity index (χ4v) is 4.10. The van der Waals surface area contributed by atoms with Crippen LogP contribution in [0.2, 0.25) is 0 Å². The van der Waals surface area contributed by atoms with Gasteiger partial charge in [-0.3, -0.25) is 9.10 Å². The summed E-state index contributed by atoms with van der Waals surface area (Å²) < 4.78 is 53.1. The van der Waals surface area contributed by atoms with E-state index in [1.807, 2.05) is 0 Å². The van der Waals surface area contributed by atoms with Gasteiger partial charge in [-0.15, -0.1) is 0 Å². The molecule has 0 saturated heterocycles. The van der Waals surface area contributed by atoms with Gasteiger partial charge in [-0.1, -0.05) is 18.2 Å². The predicted molar refractivity (Wildman–Crippen MR) is 111 cm³/mol. The van der Waals surface area contributed by atoms with E-state index < -0.39 is 27.8 Å². The summed E-state index contributed by atoms with van der Waals surface area (Å²) in [5, 5.41) is 2.77. The Bertz CT molecular complexity index is 1150. The summed E-state index contributed by atoms with van der Waals surface area (Å²) >= 11 is 0. The van der Waals surface area contributed by atoms with Gasteiger partial charge in [0.2, 0.25) is 0 Å². The average Bonchev–Trinajstić information content (AvgIpc) is 2.74. The van der Waals surface area contributed by atoms with Crippen molar-refractivity contribution < 1.29 is 22.0 Å². The number of nitrogens with zero attached hydrogens (tertiary/aromatic N) is 1. The molecule has 3 aromatic carbocycles. The van der Waals surface area contributed by atoms with Crippen LogP contribution in [0, 0.1) is 11.6 Å². The van der Waals surface area contributed by atoms with Crippen LogP contribution in [0.1, 0.15) is 28.9 Å². The zero-order valence-electron chi connectivity index (χ0n) is 16.3. The standard InChI is InChI=1S/C22H20F2N2O3S/c1-15(16-6-8-18(23)9-7-16)25-22(27)17-4-3-5-21(14-17)30(28,29)26(2)20-12-10-19(24)11-13-20/h3-15H,1-2H3,(H,25,27)/t15-/m0/s1. The van der Waals surface area contributed by atoms with E-state index in [-0.39, 0.29) is 22.0 Å². The summed E-state index contributed by atoms with van der Waals surface area (Å²) in [4.78, 5) is 12.5. The first kappa shape index (κ1) is 21.4. The second-order valence-corrected chi connectivity index (χ2v) is 8.69. The van der Waals surface area contributed by atoms with E-state index in [0.717, 1.165) is 4.31 Å². The van der Waals surface area contributed by atoms with Crippen molar-refractivity contribution in [3.63, 3.8) is 0 Å². The van der Waals surface area contributed by atoms with E-state index in [4.69, 9.17) is 0 Å². The lowest BCUT2D eigenvalue weighted by molar-refractivity contribution is 0.0939. The molecule has 8 heteroatoms. The van der Waals surface area contributed by atoms with E-state index in [0.29, 0.717) is 5.56 Å². The molecule has 1 N–H and O–H groups in total. The number of amides is 1. The molecule has 5 nitrogen and oxygen atoms in total. The Hall–Kier alpha value is -3.26. The maximum Gasteiger partial charge on any atom is 0.264 e. The molecule has 0 fully saturated rings. The van der Waals surface area contributed by atoms with Gasteiger partial charge in [0.1, 0.15) is 11.6 Å². The molecule has 0 aromatic heterocycles. The zero-order valence-corrected chi connectivity index (χ0v) is 17.2. The van der Waals surface area contributed by atoms with Crippen LogP contribution in [0.25, 0.3) is 0 Å². The van der Waals surface area contributed by atoms with E-state index in [1.54, 1.807) is 19.1 Å². The smallest absolute Gasteiger partial charge is 0.264 e. The minimum Gasteiger partial charge on any atom is -0.346 e. The van der Waals surface area contributed by atoms with Crippen LogP contribution in [0.15, 0.2) is 77.7 Å². The van der Waals surface area contributed by atoms with Gasteiger partial charge >= 0.3 is 0 Å². The zero-order chi connectivity index (χ0) is 21.9. The first-order chi connectivity index (χ1) is 14.2. The highest BCUT2D eigenvalue weighted by Gasteiger charge is 2.23. The largest absolute Gasteiger partial charge is 0.346 e. The fraction of sp³-hybridized carbons (Fsp3) is 0.136. The number of rotatable bonds is 6. The minimum atomic E-state index is -3.96. The third-order valence-electron chi connectivity index (χ3n) is 4.66. The molecule has 30 heavy (non-hydrogen) atoms. The van der Waals surface area contributed by atoms with Gasteiger partial charge in [0.15, 0.2) is 0 Å². The van der Waals surface area contributed by atoms with Crippen molar-refractivity contribution in [2.45, 2.75) is 17.9 Å². The van der Waals surface area contributed by atoms with E-state index in [1.165, 1.54) is 67.7 Å². The summed E-state index contributed by atoms with van der Waals surface area (Å²) in [7, 11) is -2.60. The molecule has 0 unspecified atom stereocenters. The maximum atomic E-state index is 13.1. The van der Waals surface area contributed by atoms with Crippen LogP contribution in [0.5, 0.6) is 0 Å². The number of carbonyl (C=O) groups is 1. The molecule has 0 saturated carbocycles. The van der Waals surface area contributed by atoms with Gasteiger partial charge < -0.3 is 5.32 Å². The molecule has 0 heterocycles.